The fourth-order valence-electron chi connectivity index (χ4n) is 3.94. The number of hydrogen-bond acceptors (Lipinski definition) is 3. The van der Waals surface area contributed by atoms with Crippen molar-refractivity contribution in [2.45, 2.75) is 21.6 Å². The lowest BCUT2D eigenvalue weighted by Gasteiger charge is -2.10. The van der Waals surface area contributed by atoms with E-state index in [1.165, 1.54) is 6.07 Å². The number of alkyl halides is 2. The van der Waals surface area contributed by atoms with Crippen molar-refractivity contribution in [1.82, 2.24) is 0 Å². The molecule has 0 aliphatic heterocycles. The maximum Gasteiger partial charge on any atom is 0.231 e. The Morgan fingerprint density at radius 1 is 0.943 bits per heavy atom. The SMILES string of the molecule is CS(=O)c1ccc(CC(=O)c2cc(NC(=O)C3C(c4cc(Cl)cc(Cl)c4)C3(Cl)Cl)ccc2Cl)cc1. The minimum atomic E-state index is -1.32. The third kappa shape index (κ3) is 5.87. The molecule has 35 heavy (non-hydrogen) atoms. The second-order valence-corrected chi connectivity index (χ2v) is 12.3. The highest BCUT2D eigenvalue weighted by Crippen LogP contribution is 2.65. The van der Waals surface area contributed by atoms with Crippen molar-refractivity contribution in [2.75, 3.05) is 11.6 Å². The Bertz CT molecular complexity index is 1320. The molecule has 3 unspecified atom stereocenters. The largest absolute Gasteiger partial charge is 0.326 e. The second-order valence-electron chi connectivity index (χ2n) is 8.21. The van der Waals surface area contributed by atoms with Crippen LogP contribution in [0.15, 0.2) is 65.6 Å². The summed E-state index contributed by atoms with van der Waals surface area (Å²) < 4.78 is 10.2. The molecule has 1 aliphatic rings. The predicted molar refractivity (Wildman–Crippen MR) is 144 cm³/mol. The van der Waals surface area contributed by atoms with Crippen LogP contribution in [0.5, 0.6) is 0 Å². The zero-order valence-electron chi connectivity index (χ0n) is 18.2. The molecule has 0 aromatic heterocycles. The van der Waals surface area contributed by atoms with Gasteiger partial charge in [0.25, 0.3) is 0 Å². The number of ketones is 1. The van der Waals surface area contributed by atoms with E-state index in [2.05, 4.69) is 5.32 Å². The zero-order chi connectivity index (χ0) is 25.5. The van der Waals surface area contributed by atoms with Crippen LogP contribution in [0, 0.1) is 5.92 Å². The number of Topliss-reactive ketones (excluding diaryl/α,β-unsaturated/α-hetero) is 1. The van der Waals surface area contributed by atoms with Crippen molar-refractivity contribution in [3.63, 3.8) is 0 Å². The summed E-state index contributed by atoms with van der Waals surface area (Å²) in [5.41, 5.74) is 2.07. The van der Waals surface area contributed by atoms with Crippen molar-refractivity contribution >= 4 is 86.2 Å². The maximum absolute atomic E-state index is 13.0. The molecule has 3 atom stereocenters. The van der Waals surface area contributed by atoms with Gasteiger partial charge in [-0.3, -0.25) is 13.8 Å². The monoisotopic (exact) mass is 587 g/mol. The molecule has 1 saturated carbocycles. The van der Waals surface area contributed by atoms with E-state index in [4.69, 9.17) is 58.0 Å². The van der Waals surface area contributed by atoms with Crippen LogP contribution < -0.4 is 5.32 Å². The number of nitrogens with one attached hydrogen (secondary N) is 1. The molecule has 0 spiro atoms. The molecule has 1 aliphatic carbocycles. The molecule has 1 fully saturated rings. The quantitative estimate of drug-likeness (QED) is 0.232. The minimum Gasteiger partial charge on any atom is -0.326 e. The molecule has 1 amide bonds. The molecule has 4 nitrogen and oxygen atoms in total. The first-order valence-corrected chi connectivity index (χ1v) is 13.8. The van der Waals surface area contributed by atoms with Crippen LogP contribution in [0.3, 0.4) is 0 Å². The van der Waals surface area contributed by atoms with Gasteiger partial charge in [0.1, 0.15) is 4.33 Å². The molecule has 1 N–H and O–H groups in total. The van der Waals surface area contributed by atoms with Gasteiger partial charge in [0.15, 0.2) is 5.78 Å². The van der Waals surface area contributed by atoms with Crippen LogP contribution >= 0.6 is 58.0 Å². The Kier molecular flexibility index (Phi) is 7.87. The van der Waals surface area contributed by atoms with Crippen LogP contribution in [0.1, 0.15) is 27.4 Å². The van der Waals surface area contributed by atoms with Crippen LogP contribution in [0.25, 0.3) is 0 Å². The Labute approximate surface area is 230 Å². The number of amides is 1. The van der Waals surface area contributed by atoms with Crippen molar-refractivity contribution in [3.8, 4) is 0 Å². The number of benzene rings is 3. The molecule has 0 heterocycles. The van der Waals surface area contributed by atoms with Gasteiger partial charge in [0.05, 0.1) is 10.9 Å². The van der Waals surface area contributed by atoms with Crippen LogP contribution in [-0.2, 0) is 22.0 Å². The summed E-state index contributed by atoms with van der Waals surface area (Å²) in [6.45, 7) is 0. The summed E-state index contributed by atoms with van der Waals surface area (Å²) >= 11 is 31.3. The number of carbonyl (C=O) groups is 2. The van der Waals surface area contributed by atoms with E-state index in [-0.39, 0.29) is 22.8 Å². The highest BCUT2D eigenvalue weighted by atomic mass is 35.5. The summed E-state index contributed by atoms with van der Waals surface area (Å²) in [6.07, 6.45) is 1.69. The van der Waals surface area contributed by atoms with Gasteiger partial charge >= 0.3 is 0 Å². The highest BCUT2D eigenvalue weighted by Gasteiger charge is 2.67. The molecule has 0 saturated heterocycles. The average molecular weight is 590 g/mol. The van der Waals surface area contributed by atoms with Gasteiger partial charge in [-0.25, -0.2) is 0 Å². The van der Waals surface area contributed by atoms with Gasteiger partial charge in [0, 0.05) is 55.6 Å². The highest BCUT2D eigenvalue weighted by molar-refractivity contribution is 7.84. The summed E-state index contributed by atoms with van der Waals surface area (Å²) in [5, 5.41) is 3.88. The first-order valence-electron chi connectivity index (χ1n) is 10.4. The first kappa shape index (κ1) is 26.5. The average Bonchev–Trinajstić information content (AvgIpc) is 3.36. The third-order valence-electron chi connectivity index (χ3n) is 5.73. The van der Waals surface area contributed by atoms with E-state index in [9.17, 15) is 13.8 Å². The maximum atomic E-state index is 13.0. The normalized spacial score (nSPS) is 19.1. The number of carbonyl (C=O) groups excluding carboxylic acids is 2. The number of hydrogen-bond donors (Lipinski definition) is 1. The lowest BCUT2D eigenvalue weighted by atomic mass is 10.0. The topological polar surface area (TPSA) is 63.2 Å². The van der Waals surface area contributed by atoms with E-state index in [0.29, 0.717) is 26.2 Å². The lowest BCUT2D eigenvalue weighted by molar-refractivity contribution is -0.117. The van der Waals surface area contributed by atoms with Gasteiger partial charge in [-0.1, -0.05) is 46.9 Å². The fraction of sp³-hybridized carbons (Fsp3) is 0.200. The lowest BCUT2D eigenvalue weighted by Crippen LogP contribution is -2.17. The van der Waals surface area contributed by atoms with Gasteiger partial charge in [-0.05, 0) is 59.7 Å². The van der Waals surface area contributed by atoms with E-state index in [0.717, 1.165) is 5.56 Å². The molecule has 182 valence electrons. The smallest absolute Gasteiger partial charge is 0.231 e. The Morgan fingerprint density at radius 2 is 1.57 bits per heavy atom. The Balaban J connectivity index is 1.49. The molecule has 4 rings (SSSR count). The fourth-order valence-corrected chi connectivity index (χ4v) is 6.05. The summed E-state index contributed by atoms with van der Waals surface area (Å²) in [5.74, 6) is -1.85. The van der Waals surface area contributed by atoms with Crippen LogP contribution in [0.2, 0.25) is 15.1 Å². The van der Waals surface area contributed by atoms with E-state index in [1.54, 1.807) is 60.9 Å². The van der Waals surface area contributed by atoms with E-state index < -0.39 is 32.9 Å². The molecule has 0 radical (unpaired) electrons. The van der Waals surface area contributed by atoms with E-state index >= 15 is 0 Å². The first-order chi connectivity index (χ1) is 16.5. The standard InChI is InChI=1S/C25H18Cl5NO3S/c1-35(34)18-5-2-13(3-6-18)8-21(32)19-12-17(4-7-20(19)28)31-24(33)23-22(25(23,29)30)14-9-15(26)11-16(27)10-14/h2-7,9-12,22-23H,8H2,1H3,(H,31,33). The summed E-state index contributed by atoms with van der Waals surface area (Å²) in [6, 6.07) is 16.6. The molecule has 3 aromatic rings. The van der Waals surface area contributed by atoms with E-state index in [1.807, 2.05) is 0 Å². The minimum absolute atomic E-state index is 0.0977. The van der Waals surface area contributed by atoms with Gasteiger partial charge in [0.2, 0.25) is 5.91 Å². The van der Waals surface area contributed by atoms with Crippen molar-refractivity contribution < 1.29 is 13.8 Å². The van der Waals surface area contributed by atoms with Crippen molar-refractivity contribution in [1.29, 1.82) is 0 Å². The van der Waals surface area contributed by atoms with Crippen LogP contribution in [0.4, 0.5) is 5.69 Å². The van der Waals surface area contributed by atoms with Gasteiger partial charge < -0.3 is 5.32 Å². The third-order valence-corrected chi connectivity index (χ3v) is 8.38. The van der Waals surface area contributed by atoms with Crippen molar-refractivity contribution in [2.24, 2.45) is 5.92 Å². The Hall–Kier alpha value is -1.60. The summed E-state index contributed by atoms with van der Waals surface area (Å²) in [7, 11) is -1.10. The molecule has 3 aromatic carbocycles. The number of rotatable bonds is 7. The van der Waals surface area contributed by atoms with Gasteiger partial charge in [-0.15, -0.1) is 23.2 Å². The molecule has 0 bridgehead atoms. The number of anilines is 1. The number of halogens is 5. The second kappa shape index (κ2) is 10.4. The van der Waals surface area contributed by atoms with Gasteiger partial charge in [-0.2, -0.15) is 0 Å². The van der Waals surface area contributed by atoms with Crippen molar-refractivity contribution in [3.05, 3.63) is 92.4 Å². The molecular formula is C25H18Cl5NO3S. The molecular weight excluding hydrogens is 572 g/mol. The Morgan fingerprint density at radius 3 is 2.17 bits per heavy atom. The molecule has 10 heteroatoms. The van der Waals surface area contributed by atoms with Crippen LogP contribution in [-0.4, -0.2) is 26.5 Å². The zero-order valence-corrected chi connectivity index (χ0v) is 22.8. The predicted octanol–water partition coefficient (Wildman–Crippen LogP) is 7.34. The summed E-state index contributed by atoms with van der Waals surface area (Å²) in [4.78, 5) is 26.6.